The lowest BCUT2D eigenvalue weighted by molar-refractivity contribution is 0.232. The highest BCUT2D eigenvalue weighted by Gasteiger charge is 2.06. The van der Waals surface area contributed by atoms with E-state index >= 15 is 0 Å². The van der Waals surface area contributed by atoms with Crippen LogP contribution in [-0.4, -0.2) is 26.3 Å². The predicted octanol–water partition coefficient (Wildman–Crippen LogP) is 2.69. The van der Waals surface area contributed by atoms with E-state index in [0.717, 1.165) is 11.4 Å². The van der Waals surface area contributed by atoms with E-state index in [-0.39, 0.29) is 11.4 Å². The second-order valence-corrected chi connectivity index (χ2v) is 4.39. The molecule has 96 valence electrons. The molecule has 2 rings (SSSR count). The highest BCUT2D eigenvalue weighted by atomic mass is 35.5. The van der Waals surface area contributed by atoms with Gasteiger partial charge >= 0.3 is 0 Å². The molecule has 0 fully saturated rings. The van der Waals surface area contributed by atoms with Crippen molar-refractivity contribution in [3.05, 3.63) is 23.2 Å². The number of halogens is 1. The molecular formula is C11H14ClN5O. The average Bonchev–Trinajstić information content (AvgIpc) is 2.69. The van der Waals surface area contributed by atoms with Crippen molar-refractivity contribution in [1.29, 1.82) is 0 Å². The van der Waals surface area contributed by atoms with Crippen LogP contribution in [0.15, 0.2) is 12.3 Å². The van der Waals surface area contributed by atoms with Crippen LogP contribution in [0.1, 0.15) is 19.5 Å². The number of rotatable bonds is 4. The average molecular weight is 268 g/mol. The monoisotopic (exact) mass is 267 g/mol. The summed E-state index contributed by atoms with van der Waals surface area (Å²) in [5.41, 5.74) is 1.52. The molecule has 0 aliphatic rings. The van der Waals surface area contributed by atoms with E-state index in [9.17, 15) is 0 Å². The predicted molar refractivity (Wildman–Crippen MR) is 69.4 cm³/mol. The van der Waals surface area contributed by atoms with Gasteiger partial charge in [0.15, 0.2) is 0 Å². The van der Waals surface area contributed by atoms with Gasteiger partial charge in [0.1, 0.15) is 5.82 Å². The van der Waals surface area contributed by atoms with Crippen molar-refractivity contribution in [1.82, 2.24) is 20.2 Å². The molecule has 0 bridgehead atoms. The first-order valence-corrected chi connectivity index (χ1v) is 5.90. The molecule has 0 saturated heterocycles. The standard InChI is InChI=1S/C11H14ClN5O/c1-6(2)18-10-4-9(16-17-10)15-8-5-13-11(12)14-7(8)3/h4-6H,1-3H3,(H2,15,16,17). The first kappa shape index (κ1) is 12.6. The van der Waals surface area contributed by atoms with E-state index < -0.39 is 0 Å². The first-order valence-electron chi connectivity index (χ1n) is 5.53. The van der Waals surface area contributed by atoms with Crippen molar-refractivity contribution in [3.8, 4) is 5.88 Å². The zero-order valence-electron chi connectivity index (χ0n) is 10.4. The molecule has 0 aromatic carbocycles. The summed E-state index contributed by atoms with van der Waals surface area (Å²) in [5, 5.41) is 10.2. The molecule has 0 unspecified atom stereocenters. The van der Waals surface area contributed by atoms with Crippen LogP contribution in [-0.2, 0) is 0 Å². The highest BCUT2D eigenvalue weighted by Crippen LogP contribution is 2.20. The van der Waals surface area contributed by atoms with Gasteiger partial charge in [-0.25, -0.2) is 9.97 Å². The first-order chi connectivity index (χ1) is 8.54. The number of hydrogen-bond donors (Lipinski definition) is 2. The molecule has 6 nitrogen and oxygen atoms in total. The molecule has 0 aliphatic heterocycles. The molecule has 0 atom stereocenters. The van der Waals surface area contributed by atoms with Crippen LogP contribution < -0.4 is 10.1 Å². The van der Waals surface area contributed by atoms with Crippen LogP contribution in [0.2, 0.25) is 5.28 Å². The number of aromatic nitrogens is 4. The maximum Gasteiger partial charge on any atom is 0.234 e. The summed E-state index contributed by atoms with van der Waals surface area (Å²) in [6.45, 7) is 5.73. The summed E-state index contributed by atoms with van der Waals surface area (Å²) in [6, 6.07) is 1.77. The van der Waals surface area contributed by atoms with Crippen LogP contribution in [0, 0.1) is 6.92 Å². The minimum atomic E-state index is 0.0850. The Morgan fingerprint density at radius 1 is 1.44 bits per heavy atom. The minimum Gasteiger partial charge on any atom is -0.474 e. The molecule has 18 heavy (non-hydrogen) atoms. The van der Waals surface area contributed by atoms with Gasteiger partial charge in [0, 0.05) is 6.07 Å². The number of aromatic amines is 1. The van der Waals surface area contributed by atoms with Crippen LogP contribution in [0.5, 0.6) is 5.88 Å². The summed E-state index contributed by atoms with van der Waals surface area (Å²) in [6.07, 6.45) is 1.70. The zero-order chi connectivity index (χ0) is 13.1. The Labute approximate surface area is 110 Å². The Morgan fingerprint density at radius 3 is 2.89 bits per heavy atom. The number of nitrogens with zero attached hydrogens (tertiary/aromatic N) is 3. The number of nitrogens with one attached hydrogen (secondary N) is 2. The molecule has 0 radical (unpaired) electrons. The van der Waals surface area contributed by atoms with Crippen molar-refractivity contribution < 1.29 is 4.74 Å². The third kappa shape index (κ3) is 3.10. The van der Waals surface area contributed by atoms with Gasteiger partial charge < -0.3 is 10.1 Å². The fourth-order valence-electron chi connectivity index (χ4n) is 1.38. The van der Waals surface area contributed by atoms with Crippen LogP contribution in [0.25, 0.3) is 0 Å². The molecule has 0 saturated carbocycles. The van der Waals surface area contributed by atoms with Crippen LogP contribution in [0.4, 0.5) is 11.5 Å². The van der Waals surface area contributed by atoms with Crippen LogP contribution >= 0.6 is 11.6 Å². The molecule has 0 spiro atoms. The van der Waals surface area contributed by atoms with Gasteiger partial charge in [0.25, 0.3) is 0 Å². The van der Waals surface area contributed by atoms with Gasteiger partial charge in [-0.3, -0.25) is 5.10 Å². The van der Waals surface area contributed by atoms with Gasteiger partial charge in [-0.2, -0.15) is 0 Å². The van der Waals surface area contributed by atoms with Crippen LogP contribution in [0.3, 0.4) is 0 Å². The third-order valence-corrected chi connectivity index (χ3v) is 2.31. The Kier molecular flexibility index (Phi) is 3.66. The second-order valence-electron chi connectivity index (χ2n) is 4.05. The minimum absolute atomic E-state index is 0.0850. The lowest BCUT2D eigenvalue weighted by Gasteiger charge is -2.06. The topological polar surface area (TPSA) is 75.7 Å². The number of hydrogen-bond acceptors (Lipinski definition) is 5. The number of anilines is 2. The summed E-state index contributed by atoms with van der Waals surface area (Å²) < 4.78 is 5.45. The number of ether oxygens (including phenoxy) is 1. The number of H-pyrrole nitrogens is 1. The van der Waals surface area contributed by atoms with Crippen molar-refractivity contribution in [3.63, 3.8) is 0 Å². The Balaban J connectivity index is 2.11. The summed E-state index contributed by atoms with van der Waals surface area (Å²) >= 11 is 5.69. The maximum atomic E-state index is 5.69. The van der Waals surface area contributed by atoms with Gasteiger partial charge in [-0.1, -0.05) is 0 Å². The van der Waals surface area contributed by atoms with E-state index in [1.165, 1.54) is 0 Å². The molecule has 2 aromatic rings. The largest absolute Gasteiger partial charge is 0.474 e. The van der Waals surface area contributed by atoms with E-state index in [1.807, 2.05) is 20.8 Å². The fraction of sp³-hybridized carbons (Fsp3) is 0.364. The Hall–Kier alpha value is -1.82. The van der Waals surface area contributed by atoms with Gasteiger partial charge in [0.05, 0.1) is 23.7 Å². The molecule has 7 heteroatoms. The van der Waals surface area contributed by atoms with E-state index in [4.69, 9.17) is 16.3 Å². The van der Waals surface area contributed by atoms with E-state index in [1.54, 1.807) is 12.3 Å². The lowest BCUT2D eigenvalue weighted by Crippen LogP contribution is -2.05. The van der Waals surface area contributed by atoms with Gasteiger partial charge in [-0.15, -0.1) is 5.10 Å². The molecule has 0 amide bonds. The second kappa shape index (κ2) is 5.22. The number of aryl methyl sites for hydroxylation is 1. The van der Waals surface area contributed by atoms with E-state index in [2.05, 4.69) is 25.5 Å². The van der Waals surface area contributed by atoms with Crippen molar-refractivity contribution in [2.24, 2.45) is 0 Å². The van der Waals surface area contributed by atoms with E-state index in [0.29, 0.717) is 11.7 Å². The highest BCUT2D eigenvalue weighted by molar-refractivity contribution is 6.28. The zero-order valence-corrected chi connectivity index (χ0v) is 11.1. The molecule has 2 aromatic heterocycles. The van der Waals surface area contributed by atoms with Gasteiger partial charge in [0.2, 0.25) is 11.2 Å². The quantitative estimate of drug-likeness (QED) is 0.833. The molecular weight excluding hydrogens is 254 g/mol. The molecule has 0 aliphatic carbocycles. The third-order valence-electron chi connectivity index (χ3n) is 2.13. The summed E-state index contributed by atoms with van der Waals surface area (Å²) in [5.74, 6) is 1.25. The lowest BCUT2D eigenvalue weighted by atomic mass is 10.3. The Bertz CT molecular complexity index is 540. The van der Waals surface area contributed by atoms with Crippen molar-refractivity contribution in [2.45, 2.75) is 26.9 Å². The van der Waals surface area contributed by atoms with Gasteiger partial charge in [-0.05, 0) is 32.4 Å². The fourth-order valence-corrected chi connectivity index (χ4v) is 1.55. The molecule has 2 heterocycles. The molecule has 2 N–H and O–H groups in total. The SMILES string of the molecule is Cc1nc(Cl)ncc1Nc1cc(OC(C)C)n[nH]1. The normalized spacial score (nSPS) is 10.7. The smallest absolute Gasteiger partial charge is 0.234 e. The summed E-state index contributed by atoms with van der Waals surface area (Å²) in [7, 11) is 0. The maximum absolute atomic E-state index is 5.69. The summed E-state index contributed by atoms with van der Waals surface area (Å²) in [4.78, 5) is 7.97. The Morgan fingerprint density at radius 2 is 2.22 bits per heavy atom. The van der Waals surface area contributed by atoms with Crippen molar-refractivity contribution >= 4 is 23.1 Å². The van der Waals surface area contributed by atoms with Crippen molar-refractivity contribution in [2.75, 3.05) is 5.32 Å².